The van der Waals surface area contributed by atoms with Gasteiger partial charge in [0.05, 0.1) is 27.7 Å². The summed E-state index contributed by atoms with van der Waals surface area (Å²) in [5.74, 6) is -0.790. The van der Waals surface area contributed by atoms with E-state index in [9.17, 15) is 19.0 Å². The molecule has 2 atom stereocenters. The number of carbonyl (C=O) groups excluding carboxylic acids is 2. The van der Waals surface area contributed by atoms with Gasteiger partial charge in [-0.3, -0.25) is 18.6 Å². The third-order valence-electron chi connectivity index (χ3n) is 10.3. The number of allylic oxidation sites excluding steroid dienone is 2. The summed E-state index contributed by atoms with van der Waals surface area (Å²) in [4.78, 5) is 35.4. The molecule has 0 aromatic heterocycles. The molecule has 56 heavy (non-hydrogen) atoms. The number of likely N-dealkylation sites (N-methyl/N-ethyl adjacent to an activating group) is 1. The zero-order valence-corrected chi connectivity index (χ0v) is 38.3. The summed E-state index contributed by atoms with van der Waals surface area (Å²) in [5.41, 5.74) is 0. The summed E-state index contributed by atoms with van der Waals surface area (Å²) < 4.78 is 34.3. The van der Waals surface area contributed by atoms with E-state index in [-0.39, 0.29) is 25.6 Å². The number of nitrogens with zero attached hydrogens (tertiary/aromatic N) is 1. The molecule has 0 amide bonds. The Hall–Kier alpha value is -1.25. The van der Waals surface area contributed by atoms with Gasteiger partial charge in [0.1, 0.15) is 19.8 Å². The minimum Gasteiger partial charge on any atom is -0.462 e. The van der Waals surface area contributed by atoms with Gasteiger partial charge in [-0.2, -0.15) is 0 Å². The molecule has 0 aliphatic heterocycles. The van der Waals surface area contributed by atoms with Gasteiger partial charge in [-0.25, -0.2) is 4.57 Å². The van der Waals surface area contributed by atoms with Gasteiger partial charge >= 0.3 is 19.8 Å². The van der Waals surface area contributed by atoms with Crippen LogP contribution < -0.4 is 0 Å². The SMILES string of the molecule is CCCCCCCC/C=C\CCCCCCCCCCCCCC(=O)O[C@H](COC(=O)CCCCCCCCCCCCC)COP(=O)(O)OCC[N+](C)(C)C. The molecule has 0 aliphatic rings. The Kier molecular flexibility index (Phi) is 38.3. The Morgan fingerprint density at radius 3 is 1.32 bits per heavy atom. The predicted molar refractivity (Wildman–Crippen MR) is 234 cm³/mol. The lowest BCUT2D eigenvalue weighted by molar-refractivity contribution is -0.870. The van der Waals surface area contributed by atoms with E-state index in [1.165, 1.54) is 154 Å². The molecule has 1 N–H and O–H groups in total. The van der Waals surface area contributed by atoms with Crippen molar-refractivity contribution in [3.8, 4) is 0 Å². The lowest BCUT2D eigenvalue weighted by Gasteiger charge is -2.24. The average Bonchev–Trinajstić information content (AvgIpc) is 3.15. The molecule has 0 aliphatic carbocycles. The maximum absolute atomic E-state index is 12.7. The number of phosphoric acid groups is 1. The molecule has 0 spiro atoms. The van der Waals surface area contributed by atoms with Crippen LogP contribution in [0.1, 0.15) is 219 Å². The Bertz CT molecular complexity index is 969. The molecule has 0 radical (unpaired) electrons. The third kappa shape index (κ3) is 42.4. The molecule has 0 saturated carbocycles. The largest absolute Gasteiger partial charge is 0.472 e. The van der Waals surface area contributed by atoms with E-state index >= 15 is 0 Å². The van der Waals surface area contributed by atoms with E-state index in [4.69, 9.17) is 18.5 Å². The second-order valence-electron chi connectivity index (χ2n) is 17.1. The molecule has 0 saturated heterocycles. The zero-order chi connectivity index (χ0) is 41.4. The highest BCUT2D eigenvalue weighted by atomic mass is 31.2. The fourth-order valence-electron chi connectivity index (χ4n) is 6.60. The lowest BCUT2D eigenvalue weighted by Crippen LogP contribution is -2.37. The quantitative estimate of drug-likeness (QED) is 0.0213. The summed E-state index contributed by atoms with van der Waals surface area (Å²) in [6, 6.07) is 0. The van der Waals surface area contributed by atoms with Crippen molar-refractivity contribution in [3.05, 3.63) is 12.2 Å². The molecule has 0 fully saturated rings. The molecule has 1 unspecified atom stereocenters. The molecular formula is C46H91NO8P+. The van der Waals surface area contributed by atoms with Gasteiger partial charge in [0.25, 0.3) is 0 Å². The minimum atomic E-state index is -4.37. The van der Waals surface area contributed by atoms with Crippen LogP contribution in [0.2, 0.25) is 0 Å². The Labute approximate surface area is 346 Å². The average molecular weight is 817 g/mol. The van der Waals surface area contributed by atoms with Gasteiger partial charge in [-0.15, -0.1) is 0 Å². The van der Waals surface area contributed by atoms with Crippen molar-refractivity contribution in [2.45, 2.75) is 225 Å². The van der Waals surface area contributed by atoms with Crippen molar-refractivity contribution in [2.75, 3.05) is 47.5 Å². The van der Waals surface area contributed by atoms with Crippen LogP contribution in [0.15, 0.2) is 12.2 Å². The molecule has 0 aromatic carbocycles. The Morgan fingerprint density at radius 2 is 0.911 bits per heavy atom. The van der Waals surface area contributed by atoms with Gasteiger partial charge in [0.2, 0.25) is 0 Å². The molecule has 0 rings (SSSR count). The molecular weight excluding hydrogens is 725 g/mol. The van der Waals surface area contributed by atoms with Crippen LogP contribution in [0, 0.1) is 0 Å². The lowest BCUT2D eigenvalue weighted by atomic mass is 10.0. The van der Waals surface area contributed by atoms with Crippen molar-refractivity contribution in [1.82, 2.24) is 0 Å². The summed E-state index contributed by atoms with van der Waals surface area (Å²) in [5, 5.41) is 0. The summed E-state index contributed by atoms with van der Waals surface area (Å²) >= 11 is 0. The molecule has 0 aromatic rings. The first-order chi connectivity index (χ1) is 27.0. The summed E-state index contributed by atoms with van der Waals surface area (Å²) in [7, 11) is 1.49. The number of ether oxygens (including phenoxy) is 2. The fraction of sp³-hybridized carbons (Fsp3) is 0.913. The second kappa shape index (κ2) is 39.2. The standard InChI is InChI=1S/C46H90NO8P/c1-6-8-10-12-14-16-18-19-20-21-22-23-24-25-26-27-29-31-33-35-37-39-46(49)55-44(43-54-56(50,51)53-41-40-47(3,4)5)42-52-45(48)38-36-34-32-30-28-17-15-13-11-9-7-2/h19-20,44H,6-18,21-43H2,1-5H3/p+1/b20-19-/t44-/m1/s1. The first-order valence-electron chi connectivity index (χ1n) is 23.4. The maximum atomic E-state index is 12.7. The van der Waals surface area contributed by atoms with Gasteiger partial charge in [-0.05, 0) is 38.5 Å². The Morgan fingerprint density at radius 1 is 0.536 bits per heavy atom. The van der Waals surface area contributed by atoms with Crippen LogP contribution >= 0.6 is 7.82 Å². The predicted octanol–water partition coefficient (Wildman–Crippen LogP) is 13.4. The van der Waals surface area contributed by atoms with E-state index < -0.39 is 26.5 Å². The van der Waals surface area contributed by atoms with E-state index in [1.54, 1.807) is 0 Å². The van der Waals surface area contributed by atoms with Crippen molar-refractivity contribution in [1.29, 1.82) is 0 Å². The first-order valence-corrected chi connectivity index (χ1v) is 24.9. The van der Waals surface area contributed by atoms with Gasteiger partial charge < -0.3 is 18.9 Å². The normalized spacial score (nSPS) is 13.6. The smallest absolute Gasteiger partial charge is 0.462 e. The Balaban J connectivity index is 4.23. The molecule has 9 nitrogen and oxygen atoms in total. The van der Waals surface area contributed by atoms with Gasteiger partial charge in [-0.1, -0.05) is 180 Å². The monoisotopic (exact) mass is 817 g/mol. The highest BCUT2D eigenvalue weighted by molar-refractivity contribution is 7.47. The highest BCUT2D eigenvalue weighted by Crippen LogP contribution is 2.43. The number of unbranched alkanes of at least 4 members (excludes halogenated alkanes) is 27. The fourth-order valence-corrected chi connectivity index (χ4v) is 7.34. The summed E-state index contributed by atoms with van der Waals surface area (Å²) in [6.45, 7) is 4.44. The van der Waals surface area contributed by atoms with Crippen LogP contribution in [0.3, 0.4) is 0 Å². The van der Waals surface area contributed by atoms with E-state index in [0.29, 0.717) is 23.9 Å². The van der Waals surface area contributed by atoms with Crippen LogP contribution in [-0.4, -0.2) is 74.9 Å². The van der Waals surface area contributed by atoms with E-state index in [0.717, 1.165) is 32.1 Å². The number of hydrogen-bond acceptors (Lipinski definition) is 7. The number of esters is 2. The van der Waals surface area contributed by atoms with E-state index in [2.05, 4.69) is 26.0 Å². The minimum absolute atomic E-state index is 0.0349. The molecule has 0 heterocycles. The second-order valence-corrected chi connectivity index (χ2v) is 18.6. The topological polar surface area (TPSA) is 108 Å². The van der Waals surface area contributed by atoms with Crippen molar-refractivity contribution in [3.63, 3.8) is 0 Å². The van der Waals surface area contributed by atoms with Crippen LogP contribution in [0.4, 0.5) is 0 Å². The molecule has 332 valence electrons. The zero-order valence-electron chi connectivity index (χ0n) is 37.4. The molecule has 10 heteroatoms. The maximum Gasteiger partial charge on any atom is 0.472 e. The van der Waals surface area contributed by atoms with Crippen LogP contribution in [0.5, 0.6) is 0 Å². The van der Waals surface area contributed by atoms with Crippen molar-refractivity contribution >= 4 is 19.8 Å². The third-order valence-corrected chi connectivity index (χ3v) is 11.3. The molecule has 0 bridgehead atoms. The first kappa shape index (κ1) is 54.8. The van der Waals surface area contributed by atoms with Crippen molar-refractivity contribution < 1.29 is 42.1 Å². The van der Waals surface area contributed by atoms with Gasteiger partial charge in [0, 0.05) is 12.8 Å². The summed E-state index contributed by atoms with van der Waals surface area (Å²) in [6.07, 6.45) is 41.2. The van der Waals surface area contributed by atoms with Crippen molar-refractivity contribution in [2.24, 2.45) is 0 Å². The van der Waals surface area contributed by atoms with Gasteiger partial charge in [0.15, 0.2) is 6.10 Å². The van der Waals surface area contributed by atoms with Crippen LogP contribution in [-0.2, 0) is 32.7 Å². The number of rotatable bonds is 43. The number of phosphoric ester groups is 1. The van der Waals surface area contributed by atoms with Crippen LogP contribution in [0.25, 0.3) is 0 Å². The highest BCUT2D eigenvalue weighted by Gasteiger charge is 2.27. The number of quaternary nitrogens is 1. The van der Waals surface area contributed by atoms with E-state index in [1.807, 2.05) is 21.1 Å². The number of hydrogen-bond donors (Lipinski definition) is 1. The number of carbonyl (C=O) groups is 2.